The number of fused-ring (bicyclic) bond motifs is 1. The number of methoxy groups -OCH3 is 1. The van der Waals surface area contributed by atoms with Gasteiger partial charge in [0.2, 0.25) is 0 Å². The van der Waals surface area contributed by atoms with Crippen molar-refractivity contribution in [3.05, 3.63) is 47.4 Å². The van der Waals surface area contributed by atoms with Crippen LogP contribution in [-0.2, 0) is 14.6 Å². The molecule has 0 bridgehead atoms. The van der Waals surface area contributed by atoms with Crippen molar-refractivity contribution in [1.82, 2.24) is 20.1 Å². The molecule has 1 fully saturated rings. The van der Waals surface area contributed by atoms with Crippen LogP contribution in [0.2, 0.25) is 0 Å². The van der Waals surface area contributed by atoms with Gasteiger partial charge in [-0.25, -0.2) is 22.5 Å². The number of carbonyl (C=O) groups is 1. The van der Waals surface area contributed by atoms with Gasteiger partial charge in [0.15, 0.2) is 15.5 Å². The van der Waals surface area contributed by atoms with E-state index in [1.807, 2.05) is 6.92 Å². The number of ether oxygens (including phenoxy) is 1. The maximum atomic E-state index is 13.5. The maximum Gasteiger partial charge on any atom is 0.252 e. The van der Waals surface area contributed by atoms with Crippen molar-refractivity contribution in [2.45, 2.75) is 32.4 Å². The Hall–Kier alpha value is -2.85. The molecule has 2 aromatic heterocycles. The second-order valence-corrected chi connectivity index (χ2v) is 10.4. The third-order valence-corrected chi connectivity index (χ3v) is 7.32. The third kappa shape index (κ3) is 4.37. The molecule has 1 aliphatic heterocycles. The van der Waals surface area contributed by atoms with E-state index in [4.69, 9.17) is 9.72 Å². The Labute approximate surface area is 185 Å². The SMILES string of the molecule is COC[C@H](C)NC(=O)c1cc(-c2ccc(F)cc2)nc2c1c(C)nn2[C@@H]1CCS(=O)(=O)C1. The molecule has 0 saturated carbocycles. The van der Waals surface area contributed by atoms with Crippen molar-refractivity contribution in [2.75, 3.05) is 25.2 Å². The molecule has 170 valence electrons. The Morgan fingerprint density at radius 2 is 2.06 bits per heavy atom. The van der Waals surface area contributed by atoms with E-state index in [-0.39, 0.29) is 35.3 Å². The van der Waals surface area contributed by atoms with E-state index in [0.717, 1.165) is 0 Å². The molecule has 0 spiro atoms. The standard InChI is InChI=1S/C22H25FN4O4S/c1-13(11-31-3)24-22(28)18-10-19(15-4-6-16(23)7-5-15)25-21-20(18)14(2)26-27(21)17-8-9-32(29,30)12-17/h4-7,10,13,17H,8-9,11-12H2,1-3H3,(H,24,28)/t13-,17+/m0/s1. The number of hydrogen-bond donors (Lipinski definition) is 1. The molecule has 1 aromatic carbocycles. The van der Waals surface area contributed by atoms with E-state index in [2.05, 4.69) is 10.4 Å². The molecule has 0 aliphatic carbocycles. The number of nitrogens with one attached hydrogen (secondary N) is 1. The first kappa shape index (κ1) is 22.3. The highest BCUT2D eigenvalue weighted by Gasteiger charge is 2.32. The monoisotopic (exact) mass is 460 g/mol. The van der Waals surface area contributed by atoms with Crippen molar-refractivity contribution in [2.24, 2.45) is 0 Å². The Morgan fingerprint density at radius 3 is 2.69 bits per heavy atom. The van der Waals surface area contributed by atoms with Gasteiger partial charge in [0.25, 0.3) is 5.91 Å². The summed E-state index contributed by atoms with van der Waals surface area (Å²) in [5.41, 5.74) is 2.52. The van der Waals surface area contributed by atoms with Crippen LogP contribution in [0.4, 0.5) is 4.39 Å². The topological polar surface area (TPSA) is 103 Å². The average Bonchev–Trinajstić information content (AvgIpc) is 3.27. The summed E-state index contributed by atoms with van der Waals surface area (Å²) in [5, 5.41) is 8.05. The van der Waals surface area contributed by atoms with Crippen molar-refractivity contribution in [3.63, 3.8) is 0 Å². The highest BCUT2D eigenvalue weighted by Crippen LogP contribution is 2.32. The van der Waals surface area contributed by atoms with Gasteiger partial charge in [-0.1, -0.05) is 0 Å². The number of sulfone groups is 1. The lowest BCUT2D eigenvalue weighted by Gasteiger charge is -2.15. The van der Waals surface area contributed by atoms with Gasteiger partial charge < -0.3 is 10.1 Å². The van der Waals surface area contributed by atoms with E-state index in [1.165, 1.54) is 12.1 Å². The van der Waals surface area contributed by atoms with Gasteiger partial charge in [0, 0.05) is 18.7 Å². The van der Waals surface area contributed by atoms with Crippen molar-refractivity contribution >= 4 is 26.8 Å². The molecule has 4 rings (SSSR count). The van der Waals surface area contributed by atoms with E-state index >= 15 is 0 Å². The van der Waals surface area contributed by atoms with Gasteiger partial charge in [-0.2, -0.15) is 5.10 Å². The van der Waals surface area contributed by atoms with Gasteiger partial charge in [-0.3, -0.25) is 4.79 Å². The number of pyridine rings is 1. The van der Waals surface area contributed by atoms with Gasteiger partial charge in [0.1, 0.15) is 5.82 Å². The molecule has 0 radical (unpaired) electrons. The van der Waals surface area contributed by atoms with Crippen LogP contribution >= 0.6 is 0 Å². The predicted molar refractivity (Wildman–Crippen MR) is 119 cm³/mol. The number of hydrogen-bond acceptors (Lipinski definition) is 6. The molecule has 1 aliphatic rings. The Balaban J connectivity index is 1.88. The van der Waals surface area contributed by atoms with Crippen LogP contribution in [0, 0.1) is 12.7 Å². The normalized spacial score (nSPS) is 18.7. The molecule has 3 heterocycles. The van der Waals surface area contributed by atoms with Crippen molar-refractivity contribution in [1.29, 1.82) is 0 Å². The molecule has 8 nitrogen and oxygen atoms in total. The summed E-state index contributed by atoms with van der Waals surface area (Å²) in [6.45, 7) is 3.96. The number of aryl methyl sites for hydroxylation is 1. The smallest absolute Gasteiger partial charge is 0.252 e. The van der Waals surface area contributed by atoms with E-state index in [0.29, 0.717) is 46.6 Å². The van der Waals surface area contributed by atoms with Crippen LogP contribution in [0.25, 0.3) is 22.3 Å². The number of halogens is 1. The molecule has 32 heavy (non-hydrogen) atoms. The number of nitrogens with zero attached hydrogens (tertiary/aromatic N) is 3. The zero-order valence-electron chi connectivity index (χ0n) is 18.1. The molecule has 1 amide bonds. The summed E-state index contributed by atoms with van der Waals surface area (Å²) < 4.78 is 44.3. The van der Waals surface area contributed by atoms with Crippen LogP contribution < -0.4 is 5.32 Å². The molecular formula is C22H25FN4O4S. The number of amides is 1. The summed E-state index contributed by atoms with van der Waals surface area (Å²) >= 11 is 0. The second kappa shape index (κ2) is 8.59. The van der Waals surface area contributed by atoms with Gasteiger partial charge in [0.05, 0.1) is 46.5 Å². The molecule has 1 N–H and O–H groups in total. The maximum absolute atomic E-state index is 13.5. The number of aromatic nitrogens is 3. The quantitative estimate of drug-likeness (QED) is 0.607. The van der Waals surface area contributed by atoms with Crippen LogP contribution in [0.15, 0.2) is 30.3 Å². The van der Waals surface area contributed by atoms with E-state index in [9.17, 15) is 17.6 Å². The van der Waals surface area contributed by atoms with E-state index in [1.54, 1.807) is 36.9 Å². The summed E-state index contributed by atoms with van der Waals surface area (Å²) in [4.78, 5) is 17.9. The predicted octanol–water partition coefficient (Wildman–Crippen LogP) is 2.67. The van der Waals surface area contributed by atoms with Crippen molar-refractivity contribution in [3.8, 4) is 11.3 Å². The summed E-state index contributed by atoms with van der Waals surface area (Å²) in [6.07, 6.45) is 0.438. The minimum Gasteiger partial charge on any atom is -0.383 e. The minimum absolute atomic E-state index is 0.0158. The molecular weight excluding hydrogens is 435 g/mol. The van der Waals surface area contributed by atoms with E-state index < -0.39 is 9.84 Å². The lowest BCUT2D eigenvalue weighted by atomic mass is 10.0. The lowest BCUT2D eigenvalue weighted by molar-refractivity contribution is 0.0907. The molecule has 0 unspecified atom stereocenters. The minimum atomic E-state index is -3.14. The second-order valence-electron chi connectivity index (χ2n) is 8.18. The first-order valence-corrected chi connectivity index (χ1v) is 12.2. The summed E-state index contributed by atoms with van der Waals surface area (Å²) in [5.74, 6) is -0.611. The fraction of sp³-hybridized carbons (Fsp3) is 0.409. The zero-order chi connectivity index (χ0) is 23.0. The van der Waals surface area contributed by atoms with Crippen molar-refractivity contribution < 1.29 is 22.3 Å². The van der Waals surface area contributed by atoms with Crippen LogP contribution in [0.1, 0.15) is 35.4 Å². The Bertz CT molecular complexity index is 1270. The number of carbonyl (C=O) groups excluding carboxylic acids is 1. The summed E-state index contributed by atoms with van der Waals surface area (Å²) in [7, 11) is -1.58. The van der Waals surface area contributed by atoms with Gasteiger partial charge in [-0.05, 0) is 50.6 Å². The fourth-order valence-electron chi connectivity index (χ4n) is 4.08. The van der Waals surface area contributed by atoms with Gasteiger partial charge >= 0.3 is 0 Å². The average molecular weight is 461 g/mol. The molecule has 3 aromatic rings. The fourth-order valence-corrected chi connectivity index (χ4v) is 5.77. The van der Waals surface area contributed by atoms with Crippen LogP contribution in [0.3, 0.4) is 0 Å². The molecule has 10 heteroatoms. The number of rotatable bonds is 6. The summed E-state index contributed by atoms with van der Waals surface area (Å²) in [6, 6.07) is 6.92. The highest BCUT2D eigenvalue weighted by molar-refractivity contribution is 7.91. The lowest BCUT2D eigenvalue weighted by Crippen LogP contribution is -2.35. The molecule has 2 atom stereocenters. The molecule has 1 saturated heterocycles. The zero-order valence-corrected chi connectivity index (χ0v) is 18.9. The largest absolute Gasteiger partial charge is 0.383 e. The van der Waals surface area contributed by atoms with Gasteiger partial charge in [-0.15, -0.1) is 0 Å². The third-order valence-electron chi connectivity index (χ3n) is 5.57. The Kier molecular flexibility index (Phi) is 6.00. The Morgan fingerprint density at radius 1 is 1.34 bits per heavy atom. The number of benzene rings is 1. The van der Waals surface area contributed by atoms with Crippen LogP contribution in [0.5, 0.6) is 0 Å². The van der Waals surface area contributed by atoms with Crippen LogP contribution in [-0.4, -0.2) is 60.4 Å². The first-order chi connectivity index (χ1) is 15.2. The first-order valence-electron chi connectivity index (χ1n) is 10.3. The highest BCUT2D eigenvalue weighted by atomic mass is 32.2.